The maximum Gasteiger partial charge on any atom is 0.335 e. The molecule has 0 amide bonds. The lowest BCUT2D eigenvalue weighted by atomic mass is 10.1. The molecule has 2 aromatic rings. The van der Waals surface area contributed by atoms with Crippen molar-refractivity contribution in [3.05, 3.63) is 39.8 Å². The molecule has 4 N–H and O–H groups in total. The number of carboxylic acids is 1. The van der Waals surface area contributed by atoms with Gasteiger partial charge < -0.3 is 16.2 Å². The van der Waals surface area contributed by atoms with Crippen molar-refractivity contribution in [2.24, 2.45) is 0 Å². The van der Waals surface area contributed by atoms with E-state index in [1.165, 1.54) is 12.1 Å². The number of anilines is 2. The Labute approximate surface area is 108 Å². The molecule has 0 aliphatic carbocycles. The van der Waals surface area contributed by atoms with Gasteiger partial charge in [0.25, 0.3) is 0 Å². The van der Waals surface area contributed by atoms with E-state index in [4.69, 9.17) is 10.8 Å². The molecule has 0 radical (unpaired) electrons. The summed E-state index contributed by atoms with van der Waals surface area (Å²) >= 11 is 1.59. The van der Waals surface area contributed by atoms with Crippen LogP contribution in [0.15, 0.2) is 23.6 Å². The van der Waals surface area contributed by atoms with Crippen molar-refractivity contribution in [1.82, 2.24) is 4.98 Å². The Bertz CT molecular complexity index is 580. The van der Waals surface area contributed by atoms with E-state index in [0.29, 0.717) is 17.9 Å². The first kappa shape index (κ1) is 12.4. The highest BCUT2D eigenvalue weighted by molar-refractivity contribution is 7.09. The summed E-state index contributed by atoms with van der Waals surface area (Å²) in [5.74, 6) is -0.983. The van der Waals surface area contributed by atoms with Crippen LogP contribution in [0.5, 0.6) is 0 Å². The quantitative estimate of drug-likeness (QED) is 0.737. The number of nitrogen functional groups attached to an aromatic ring is 1. The summed E-state index contributed by atoms with van der Waals surface area (Å²) < 4.78 is 0. The van der Waals surface area contributed by atoms with E-state index in [9.17, 15) is 4.79 Å². The zero-order valence-corrected chi connectivity index (χ0v) is 10.6. The van der Waals surface area contributed by atoms with E-state index in [0.717, 1.165) is 10.7 Å². The van der Waals surface area contributed by atoms with Crippen LogP contribution in [0.2, 0.25) is 0 Å². The molecule has 18 heavy (non-hydrogen) atoms. The van der Waals surface area contributed by atoms with Crippen LogP contribution in [0.3, 0.4) is 0 Å². The SMILES string of the molecule is Cc1nc(CNc2ccc(C(=O)O)cc2N)cs1. The molecule has 0 bridgehead atoms. The fourth-order valence-corrected chi connectivity index (χ4v) is 2.14. The van der Waals surface area contributed by atoms with Crippen LogP contribution in [0, 0.1) is 6.92 Å². The Balaban J connectivity index is 2.08. The third-order valence-corrected chi connectivity index (χ3v) is 3.25. The van der Waals surface area contributed by atoms with E-state index < -0.39 is 5.97 Å². The maximum atomic E-state index is 10.8. The molecule has 2 rings (SSSR count). The molecule has 0 saturated carbocycles. The molecule has 0 spiro atoms. The highest BCUT2D eigenvalue weighted by atomic mass is 32.1. The van der Waals surface area contributed by atoms with Crippen LogP contribution in [-0.2, 0) is 6.54 Å². The Morgan fingerprint density at radius 1 is 1.56 bits per heavy atom. The first-order valence-electron chi connectivity index (χ1n) is 5.34. The monoisotopic (exact) mass is 263 g/mol. The number of aromatic carboxylic acids is 1. The van der Waals surface area contributed by atoms with E-state index in [2.05, 4.69) is 10.3 Å². The predicted molar refractivity (Wildman–Crippen MR) is 72.0 cm³/mol. The molecule has 94 valence electrons. The van der Waals surface area contributed by atoms with Gasteiger partial charge in [0.1, 0.15) is 0 Å². The Hall–Kier alpha value is -2.08. The average molecular weight is 263 g/mol. The van der Waals surface area contributed by atoms with Gasteiger partial charge in [-0.3, -0.25) is 0 Å². The van der Waals surface area contributed by atoms with E-state index in [1.807, 2.05) is 12.3 Å². The van der Waals surface area contributed by atoms with Gasteiger partial charge in [0.05, 0.1) is 34.2 Å². The van der Waals surface area contributed by atoms with Gasteiger partial charge in [-0.05, 0) is 25.1 Å². The molecule has 6 heteroatoms. The van der Waals surface area contributed by atoms with E-state index >= 15 is 0 Å². The first-order valence-corrected chi connectivity index (χ1v) is 6.22. The zero-order chi connectivity index (χ0) is 13.1. The molecule has 1 heterocycles. The van der Waals surface area contributed by atoms with E-state index in [1.54, 1.807) is 17.4 Å². The third-order valence-electron chi connectivity index (χ3n) is 2.43. The van der Waals surface area contributed by atoms with Gasteiger partial charge in [-0.2, -0.15) is 0 Å². The number of carboxylic acid groups (broad SMARTS) is 1. The fourth-order valence-electron chi connectivity index (χ4n) is 1.53. The van der Waals surface area contributed by atoms with Gasteiger partial charge in [-0.15, -0.1) is 11.3 Å². The van der Waals surface area contributed by atoms with Crippen molar-refractivity contribution in [2.45, 2.75) is 13.5 Å². The van der Waals surface area contributed by atoms with Gasteiger partial charge in [-0.1, -0.05) is 0 Å². The second-order valence-electron chi connectivity index (χ2n) is 3.82. The van der Waals surface area contributed by atoms with Crippen LogP contribution < -0.4 is 11.1 Å². The molecule has 1 aromatic heterocycles. The second kappa shape index (κ2) is 5.05. The maximum absolute atomic E-state index is 10.8. The summed E-state index contributed by atoms with van der Waals surface area (Å²) in [6, 6.07) is 4.63. The minimum Gasteiger partial charge on any atom is -0.478 e. The standard InChI is InChI=1S/C12H13N3O2S/c1-7-15-9(6-18-7)5-14-11-3-2-8(12(16)17)4-10(11)13/h2-4,6,14H,5,13H2,1H3,(H,16,17). The van der Waals surface area contributed by atoms with Crippen molar-refractivity contribution in [3.63, 3.8) is 0 Å². The summed E-state index contributed by atoms with van der Waals surface area (Å²) in [7, 11) is 0. The molecule has 0 aliphatic rings. The second-order valence-corrected chi connectivity index (χ2v) is 4.88. The number of aromatic nitrogens is 1. The molecule has 0 atom stereocenters. The van der Waals surface area contributed by atoms with Crippen LogP contribution in [-0.4, -0.2) is 16.1 Å². The van der Waals surface area contributed by atoms with Crippen LogP contribution >= 0.6 is 11.3 Å². The topological polar surface area (TPSA) is 88.2 Å². The number of hydrogen-bond donors (Lipinski definition) is 3. The first-order chi connectivity index (χ1) is 8.56. The molecule has 5 nitrogen and oxygen atoms in total. The molecule has 1 aromatic carbocycles. The Kier molecular flexibility index (Phi) is 3.47. The summed E-state index contributed by atoms with van der Waals surface area (Å²) in [4.78, 5) is 15.1. The molecule has 0 unspecified atom stereocenters. The lowest BCUT2D eigenvalue weighted by Crippen LogP contribution is -2.05. The van der Waals surface area contributed by atoms with Gasteiger partial charge in [-0.25, -0.2) is 9.78 Å². The van der Waals surface area contributed by atoms with Gasteiger partial charge in [0, 0.05) is 5.38 Å². The largest absolute Gasteiger partial charge is 0.478 e. The minimum atomic E-state index is -0.983. The lowest BCUT2D eigenvalue weighted by Gasteiger charge is -2.08. The number of nitrogens with two attached hydrogens (primary N) is 1. The number of benzene rings is 1. The molecule has 0 fully saturated rings. The van der Waals surface area contributed by atoms with Crippen molar-refractivity contribution in [3.8, 4) is 0 Å². The normalized spacial score (nSPS) is 10.3. The van der Waals surface area contributed by atoms with Crippen molar-refractivity contribution in [2.75, 3.05) is 11.1 Å². The lowest BCUT2D eigenvalue weighted by molar-refractivity contribution is 0.0697. The van der Waals surface area contributed by atoms with Crippen molar-refractivity contribution in [1.29, 1.82) is 0 Å². The Morgan fingerprint density at radius 2 is 2.33 bits per heavy atom. The minimum absolute atomic E-state index is 0.183. The van der Waals surface area contributed by atoms with Crippen molar-refractivity contribution < 1.29 is 9.90 Å². The summed E-state index contributed by atoms with van der Waals surface area (Å²) in [6.07, 6.45) is 0. The third kappa shape index (κ3) is 2.78. The average Bonchev–Trinajstić information content (AvgIpc) is 2.73. The molecule has 0 saturated heterocycles. The summed E-state index contributed by atoms with van der Waals surface area (Å²) in [5.41, 5.74) is 8.04. The number of thiazole rings is 1. The number of nitrogens with one attached hydrogen (secondary N) is 1. The smallest absolute Gasteiger partial charge is 0.335 e. The number of aryl methyl sites for hydroxylation is 1. The Morgan fingerprint density at radius 3 is 2.89 bits per heavy atom. The predicted octanol–water partition coefficient (Wildman–Crippen LogP) is 2.34. The van der Waals surface area contributed by atoms with Gasteiger partial charge >= 0.3 is 5.97 Å². The summed E-state index contributed by atoms with van der Waals surface area (Å²) in [6.45, 7) is 2.52. The van der Waals surface area contributed by atoms with E-state index in [-0.39, 0.29) is 5.56 Å². The van der Waals surface area contributed by atoms with Gasteiger partial charge in [0.15, 0.2) is 0 Å². The van der Waals surface area contributed by atoms with Crippen LogP contribution in [0.1, 0.15) is 21.1 Å². The molecule has 0 aliphatic heterocycles. The number of hydrogen-bond acceptors (Lipinski definition) is 5. The summed E-state index contributed by atoms with van der Waals surface area (Å²) in [5, 5.41) is 15.0. The fraction of sp³-hybridized carbons (Fsp3) is 0.167. The number of carbonyl (C=O) groups is 1. The number of nitrogens with zero attached hydrogens (tertiary/aromatic N) is 1. The molecular weight excluding hydrogens is 250 g/mol. The number of rotatable bonds is 4. The highest BCUT2D eigenvalue weighted by Crippen LogP contribution is 2.21. The van der Waals surface area contributed by atoms with Crippen LogP contribution in [0.25, 0.3) is 0 Å². The van der Waals surface area contributed by atoms with Gasteiger partial charge in [0.2, 0.25) is 0 Å². The van der Waals surface area contributed by atoms with Crippen LogP contribution in [0.4, 0.5) is 11.4 Å². The van der Waals surface area contributed by atoms with Crippen molar-refractivity contribution >= 4 is 28.7 Å². The molecular formula is C12H13N3O2S. The zero-order valence-electron chi connectivity index (χ0n) is 9.80. The highest BCUT2D eigenvalue weighted by Gasteiger charge is 2.06.